The normalized spacial score (nSPS) is 15.0. The van der Waals surface area contributed by atoms with E-state index in [0.29, 0.717) is 29.9 Å². The largest absolute Gasteiger partial charge is 0.477 e. The summed E-state index contributed by atoms with van der Waals surface area (Å²) in [6.45, 7) is -0.00605. The highest BCUT2D eigenvalue weighted by molar-refractivity contribution is 5.63. The van der Waals surface area contributed by atoms with Gasteiger partial charge in [-0.05, 0) is 24.8 Å². The van der Waals surface area contributed by atoms with Gasteiger partial charge in [0, 0.05) is 13.1 Å². The van der Waals surface area contributed by atoms with Crippen LogP contribution in [0.3, 0.4) is 0 Å². The summed E-state index contributed by atoms with van der Waals surface area (Å²) in [4.78, 5) is 8.92. The van der Waals surface area contributed by atoms with Crippen molar-refractivity contribution >= 4 is 11.5 Å². The standard InChI is InChI=1S/C13H19F2N3O2/c1-16-13-10(18-20-8-11(14)15)5-6-12(17-13)19-7-9-3-2-4-9/h5-6,9,11,18H,2-4,7-8H2,1H3,(H,16,17). The van der Waals surface area contributed by atoms with Crippen molar-refractivity contribution in [1.29, 1.82) is 0 Å². The minimum absolute atomic E-state index is 0.490. The Kier molecular flexibility index (Phi) is 5.34. The van der Waals surface area contributed by atoms with Gasteiger partial charge >= 0.3 is 0 Å². The molecule has 5 nitrogen and oxygen atoms in total. The van der Waals surface area contributed by atoms with E-state index in [0.717, 1.165) is 0 Å². The molecule has 1 aromatic rings. The van der Waals surface area contributed by atoms with Gasteiger partial charge in [-0.15, -0.1) is 0 Å². The van der Waals surface area contributed by atoms with Crippen molar-refractivity contribution in [2.75, 3.05) is 31.1 Å². The smallest absolute Gasteiger partial charge is 0.264 e. The molecular weight excluding hydrogens is 268 g/mol. The van der Waals surface area contributed by atoms with Gasteiger partial charge in [0.05, 0.1) is 6.61 Å². The molecule has 1 aromatic heterocycles. The highest BCUT2D eigenvalue weighted by Crippen LogP contribution is 2.28. The number of nitrogens with one attached hydrogen (secondary N) is 2. The lowest BCUT2D eigenvalue weighted by molar-refractivity contribution is 0.0413. The van der Waals surface area contributed by atoms with Gasteiger partial charge in [-0.25, -0.2) is 8.78 Å². The van der Waals surface area contributed by atoms with Crippen LogP contribution in [0.2, 0.25) is 0 Å². The fraction of sp³-hybridized carbons (Fsp3) is 0.615. The van der Waals surface area contributed by atoms with Crippen molar-refractivity contribution in [3.8, 4) is 5.88 Å². The molecule has 0 radical (unpaired) electrons. The molecule has 0 unspecified atom stereocenters. The first-order valence-electron chi connectivity index (χ1n) is 6.66. The Morgan fingerprint density at radius 1 is 1.40 bits per heavy atom. The Morgan fingerprint density at radius 2 is 2.20 bits per heavy atom. The number of halogens is 2. The fourth-order valence-electron chi connectivity index (χ4n) is 1.84. The molecule has 0 saturated heterocycles. The van der Waals surface area contributed by atoms with E-state index in [1.165, 1.54) is 19.3 Å². The molecule has 20 heavy (non-hydrogen) atoms. The molecule has 7 heteroatoms. The zero-order chi connectivity index (χ0) is 14.4. The van der Waals surface area contributed by atoms with Crippen molar-refractivity contribution in [2.45, 2.75) is 25.7 Å². The van der Waals surface area contributed by atoms with Gasteiger partial charge in [-0.2, -0.15) is 4.98 Å². The second kappa shape index (κ2) is 7.23. The van der Waals surface area contributed by atoms with E-state index >= 15 is 0 Å². The van der Waals surface area contributed by atoms with Gasteiger partial charge in [-0.1, -0.05) is 6.42 Å². The molecule has 1 heterocycles. The number of ether oxygens (including phenoxy) is 1. The molecule has 0 aromatic carbocycles. The summed E-state index contributed by atoms with van der Waals surface area (Å²) in [7, 11) is 1.69. The van der Waals surface area contributed by atoms with Crippen LogP contribution < -0.4 is 15.5 Å². The van der Waals surface area contributed by atoms with Crippen LogP contribution in [0.15, 0.2) is 12.1 Å². The van der Waals surface area contributed by atoms with Gasteiger partial charge < -0.3 is 10.1 Å². The molecule has 0 amide bonds. The molecule has 0 atom stereocenters. The first-order chi connectivity index (χ1) is 9.69. The third kappa shape index (κ3) is 4.19. The number of nitrogens with zero attached hydrogens (tertiary/aromatic N) is 1. The van der Waals surface area contributed by atoms with Gasteiger partial charge in [0.2, 0.25) is 5.88 Å². The zero-order valence-electron chi connectivity index (χ0n) is 11.4. The summed E-state index contributed by atoms with van der Waals surface area (Å²) in [5.74, 6) is 1.63. The van der Waals surface area contributed by atoms with Gasteiger partial charge in [-0.3, -0.25) is 10.3 Å². The molecule has 2 N–H and O–H groups in total. The topological polar surface area (TPSA) is 55.4 Å². The molecule has 1 saturated carbocycles. The highest BCUT2D eigenvalue weighted by atomic mass is 19.3. The summed E-state index contributed by atoms with van der Waals surface area (Å²) >= 11 is 0. The van der Waals surface area contributed by atoms with Crippen LogP contribution in [0.5, 0.6) is 5.88 Å². The first kappa shape index (κ1) is 14.8. The molecule has 2 rings (SSSR count). The molecule has 1 aliphatic rings. The lowest BCUT2D eigenvalue weighted by Gasteiger charge is -2.25. The second-order valence-electron chi connectivity index (χ2n) is 4.71. The van der Waals surface area contributed by atoms with E-state index in [1.807, 2.05) is 0 Å². The van der Waals surface area contributed by atoms with Crippen LogP contribution in [-0.4, -0.2) is 31.7 Å². The minimum atomic E-state index is -2.52. The second-order valence-corrected chi connectivity index (χ2v) is 4.71. The van der Waals surface area contributed by atoms with E-state index in [2.05, 4.69) is 20.6 Å². The number of hydrogen-bond donors (Lipinski definition) is 2. The van der Waals surface area contributed by atoms with Crippen molar-refractivity contribution in [2.24, 2.45) is 5.92 Å². The molecule has 0 bridgehead atoms. The number of aromatic nitrogens is 1. The van der Waals surface area contributed by atoms with Crippen molar-refractivity contribution in [3.63, 3.8) is 0 Å². The summed E-state index contributed by atoms with van der Waals surface area (Å²) in [6.07, 6.45) is 1.17. The van der Waals surface area contributed by atoms with Crippen LogP contribution in [0.1, 0.15) is 19.3 Å². The van der Waals surface area contributed by atoms with Crippen LogP contribution in [0, 0.1) is 5.92 Å². The molecular formula is C13H19F2N3O2. The van der Waals surface area contributed by atoms with Crippen LogP contribution >= 0.6 is 0 Å². The lowest BCUT2D eigenvalue weighted by atomic mass is 9.86. The quantitative estimate of drug-likeness (QED) is 0.720. The Bertz CT molecular complexity index is 428. The zero-order valence-corrected chi connectivity index (χ0v) is 11.4. The average molecular weight is 287 g/mol. The highest BCUT2D eigenvalue weighted by Gasteiger charge is 2.18. The summed E-state index contributed by atoms with van der Waals surface area (Å²) in [5.41, 5.74) is 2.94. The number of rotatable bonds is 8. The number of hydrogen-bond acceptors (Lipinski definition) is 5. The number of pyridine rings is 1. The predicted molar refractivity (Wildman–Crippen MR) is 72.2 cm³/mol. The maximum absolute atomic E-state index is 12.0. The molecule has 112 valence electrons. The molecule has 1 fully saturated rings. The minimum Gasteiger partial charge on any atom is -0.477 e. The predicted octanol–water partition coefficient (Wildman–Crippen LogP) is 2.91. The Balaban J connectivity index is 1.88. The van der Waals surface area contributed by atoms with E-state index in [1.54, 1.807) is 19.2 Å². The summed E-state index contributed by atoms with van der Waals surface area (Å²) < 4.78 is 29.6. The summed E-state index contributed by atoms with van der Waals surface area (Å²) in [6, 6.07) is 3.37. The van der Waals surface area contributed by atoms with E-state index in [-0.39, 0.29) is 0 Å². The Labute approximate surface area is 116 Å². The van der Waals surface area contributed by atoms with Gasteiger partial charge in [0.15, 0.2) is 5.82 Å². The van der Waals surface area contributed by atoms with E-state index < -0.39 is 13.0 Å². The maximum Gasteiger partial charge on any atom is 0.264 e. The van der Waals surface area contributed by atoms with Crippen molar-refractivity contribution in [3.05, 3.63) is 12.1 Å². The average Bonchev–Trinajstić information content (AvgIpc) is 2.37. The van der Waals surface area contributed by atoms with Crippen LogP contribution in [-0.2, 0) is 4.84 Å². The summed E-state index contributed by atoms with van der Waals surface area (Å²) in [5, 5.41) is 2.87. The monoisotopic (exact) mass is 287 g/mol. The van der Waals surface area contributed by atoms with Crippen LogP contribution in [0.4, 0.5) is 20.3 Å². The Hall–Kier alpha value is -1.63. The number of alkyl halides is 2. The number of anilines is 2. The molecule has 1 aliphatic carbocycles. The van der Waals surface area contributed by atoms with Crippen molar-refractivity contribution < 1.29 is 18.4 Å². The lowest BCUT2D eigenvalue weighted by Crippen LogP contribution is -2.19. The third-order valence-electron chi connectivity index (χ3n) is 3.19. The first-order valence-corrected chi connectivity index (χ1v) is 6.66. The van der Waals surface area contributed by atoms with Gasteiger partial charge in [0.1, 0.15) is 12.3 Å². The maximum atomic E-state index is 12.0. The van der Waals surface area contributed by atoms with Crippen LogP contribution in [0.25, 0.3) is 0 Å². The fourth-order valence-corrected chi connectivity index (χ4v) is 1.84. The van der Waals surface area contributed by atoms with Crippen molar-refractivity contribution in [1.82, 2.24) is 4.98 Å². The van der Waals surface area contributed by atoms with E-state index in [9.17, 15) is 8.78 Å². The molecule has 0 aliphatic heterocycles. The Morgan fingerprint density at radius 3 is 2.80 bits per heavy atom. The molecule has 0 spiro atoms. The SMILES string of the molecule is CNc1nc(OCC2CCC2)ccc1NOCC(F)F. The third-order valence-corrected chi connectivity index (χ3v) is 3.19. The van der Waals surface area contributed by atoms with Gasteiger partial charge in [0.25, 0.3) is 6.43 Å². The van der Waals surface area contributed by atoms with E-state index in [4.69, 9.17) is 4.74 Å².